The van der Waals surface area contributed by atoms with Crippen LogP contribution in [-0.2, 0) is 0 Å². The molecule has 3 atom stereocenters. The Labute approximate surface area is 128 Å². The minimum Gasteiger partial charge on any atom is -0.394 e. The van der Waals surface area contributed by atoms with Gasteiger partial charge in [0, 0.05) is 11.6 Å². The molecule has 1 saturated carbocycles. The highest BCUT2D eigenvalue weighted by Crippen LogP contribution is 2.40. The van der Waals surface area contributed by atoms with E-state index in [0.29, 0.717) is 11.4 Å². The molecule has 0 bridgehead atoms. The second kappa shape index (κ2) is 6.18. The molecule has 2 aromatic rings. The van der Waals surface area contributed by atoms with Crippen LogP contribution in [0.25, 0.3) is 11.3 Å². The van der Waals surface area contributed by atoms with Crippen LogP contribution in [0.2, 0.25) is 0 Å². The highest BCUT2D eigenvalue weighted by Gasteiger charge is 2.35. The van der Waals surface area contributed by atoms with Gasteiger partial charge in [-0.3, -0.25) is 0 Å². The van der Waals surface area contributed by atoms with E-state index in [-0.39, 0.29) is 6.04 Å². The molecular weight excluding hydrogens is 284 g/mol. The number of rotatable bonds is 6. The van der Waals surface area contributed by atoms with Crippen LogP contribution in [0, 0.1) is 0 Å². The molecule has 1 aliphatic carbocycles. The van der Waals surface area contributed by atoms with Gasteiger partial charge in [0.25, 0.3) is 0 Å². The Morgan fingerprint density at radius 1 is 1.14 bits per heavy atom. The van der Waals surface area contributed by atoms with Crippen molar-refractivity contribution < 1.29 is 20.4 Å². The molecule has 6 nitrogen and oxygen atoms in total. The number of hydrogen-bond donors (Lipinski definition) is 4. The largest absolute Gasteiger partial charge is 0.394 e. The van der Waals surface area contributed by atoms with Crippen molar-refractivity contribution in [3.05, 3.63) is 42.4 Å². The molecule has 6 heteroatoms. The fraction of sp³-hybridized carbons (Fsp3) is 0.438. The molecule has 0 radical (unpaired) electrons. The molecule has 0 spiro atoms. The third-order valence-corrected chi connectivity index (χ3v) is 4.00. The van der Waals surface area contributed by atoms with Crippen LogP contribution in [0.4, 0.5) is 0 Å². The first-order valence-electron chi connectivity index (χ1n) is 7.40. The summed E-state index contributed by atoms with van der Waals surface area (Å²) >= 11 is 0. The molecule has 22 heavy (non-hydrogen) atoms. The molecule has 4 N–H and O–H groups in total. The normalized spacial score (nSPS) is 18.9. The molecule has 0 unspecified atom stereocenters. The fourth-order valence-electron chi connectivity index (χ4n) is 2.61. The lowest BCUT2D eigenvalue weighted by Crippen LogP contribution is -2.35. The molecule has 3 rings (SSSR count). The zero-order chi connectivity index (χ0) is 15.7. The summed E-state index contributed by atoms with van der Waals surface area (Å²) in [4.78, 5) is 4.38. The molecule has 1 aliphatic rings. The Bertz CT molecular complexity index is 624. The monoisotopic (exact) mass is 304 g/mol. The summed E-state index contributed by atoms with van der Waals surface area (Å²) in [5.41, 5.74) is 1.90. The van der Waals surface area contributed by atoms with Crippen molar-refractivity contribution in [2.24, 2.45) is 0 Å². The molecule has 1 fully saturated rings. The number of hydrogen-bond acceptors (Lipinski definition) is 5. The summed E-state index contributed by atoms with van der Waals surface area (Å²) in [6.45, 7) is -0.615. The molecule has 1 aromatic heterocycles. The van der Waals surface area contributed by atoms with Crippen molar-refractivity contribution in [1.82, 2.24) is 9.55 Å². The average molecular weight is 304 g/mol. The van der Waals surface area contributed by atoms with Gasteiger partial charge >= 0.3 is 0 Å². The summed E-state index contributed by atoms with van der Waals surface area (Å²) in [6.07, 6.45) is -0.522. The van der Waals surface area contributed by atoms with Gasteiger partial charge < -0.3 is 25.0 Å². The molecule has 0 saturated heterocycles. The zero-order valence-corrected chi connectivity index (χ0v) is 12.1. The van der Waals surface area contributed by atoms with E-state index in [4.69, 9.17) is 5.11 Å². The maximum Gasteiger partial charge on any atom is 0.125 e. The standard InChI is InChI=1S/C16H20N2O4/c19-8-12(20)15(21)16(22)14-13(10-4-2-1-3-5-10)17-9-18(14)11-6-7-11/h1-5,9,11-12,15-16,19-22H,6-8H2/t12-,15-,16+/m1/s1. The van der Waals surface area contributed by atoms with Gasteiger partial charge in [-0.15, -0.1) is 0 Å². The van der Waals surface area contributed by atoms with Crippen LogP contribution in [-0.4, -0.2) is 48.8 Å². The summed E-state index contributed by atoms with van der Waals surface area (Å²) < 4.78 is 1.86. The molecule has 1 aromatic carbocycles. The molecule has 118 valence electrons. The smallest absolute Gasteiger partial charge is 0.125 e. The third kappa shape index (κ3) is 2.78. The number of aromatic nitrogens is 2. The van der Waals surface area contributed by atoms with Gasteiger partial charge in [0.05, 0.1) is 24.3 Å². The minimum absolute atomic E-state index is 0.271. The van der Waals surface area contributed by atoms with Crippen LogP contribution in [0.3, 0.4) is 0 Å². The maximum absolute atomic E-state index is 10.5. The Morgan fingerprint density at radius 2 is 1.82 bits per heavy atom. The van der Waals surface area contributed by atoms with Crippen LogP contribution in [0.1, 0.15) is 30.7 Å². The van der Waals surface area contributed by atoms with E-state index in [2.05, 4.69) is 4.98 Å². The third-order valence-electron chi connectivity index (χ3n) is 4.00. The van der Waals surface area contributed by atoms with Crippen LogP contribution < -0.4 is 0 Å². The second-order valence-electron chi connectivity index (χ2n) is 5.67. The van der Waals surface area contributed by atoms with Crippen LogP contribution >= 0.6 is 0 Å². The van der Waals surface area contributed by atoms with Crippen molar-refractivity contribution >= 4 is 0 Å². The van der Waals surface area contributed by atoms with Gasteiger partial charge in [-0.05, 0) is 12.8 Å². The number of nitrogens with zero attached hydrogens (tertiary/aromatic N) is 2. The average Bonchev–Trinajstić information content (AvgIpc) is 3.32. The first-order valence-corrected chi connectivity index (χ1v) is 7.40. The Hall–Kier alpha value is -1.73. The summed E-state index contributed by atoms with van der Waals surface area (Å²) in [5, 5.41) is 39.1. The van der Waals surface area contributed by atoms with Crippen molar-refractivity contribution in [2.45, 2.75) is 37.2 Å². The summed E-state index contributed by atoms with van der Waals surface area (Å²) in [5.74, 6) is 0. The topological polar surface area (TPSA) is 98.7 Å². The summed E-state index contributed by atoms with van der Waals surface area (Å²) in [7, 11) is 0. The van der Waals surface area contributed by atoms with Gasteiger partial charge in [-0.2, -0.15) is 0 Å². The number of imidazole rings is 1. The lowest BCUT2D eigenvalue weighted by atomic mass is 10.0. The van der Waals surface area contributed by atoms with Gasteiger partial charge in [-0.1, -0.05) is 30.3 Å². The van der Waals surface area contributed by atoms with Gasteiger partial charge in [-0.25, -0.2) is 4.98 Å². The maximum atomic E-state index is 10.5. The van der Waals surface area contributed by atoms with E-state index in [0.717, 1.165) is 18.4 Å². The number of aliphatic hydroxyl groups excluding tert-OH is 4. The van der Waals surface area contributed by atoms with E-state index in [1.54, 1.807) is 6.33 Å². The molecule has 1 heterocycles. The number of benzene rings is 1. The first kappa shape index (κ1) is 15.2. The predicted molar refractivity (Wildman–Crippen MR) is 80.0 cm³/mol. The van der Waals surface area contributed by atoms with Crippen LogP contribution in [0.5, 0.6) is 0 Å². The van der Waals surface area contributed by atoms with Crippen molar-refractivity contribution in [3.8, 4) is 11.3 Å². The fourth-order valence-corrected chi connectivity index (χ4v) is 2.61. The lowest BCUT2D eigenvalue weighted by Gasteiger charge is -2.23. The first-order chi connectivity index (χ1) is 10.6. The van der Waals surface area contributed by atoms with Crippen molar-refractivity contribution in [2.75, 3.05) is 6.61 Å². The second-order valence-corrected chi connectivity index (χ2v) is 5.67. The van der Waals surface area contributed by atoms with E-state index in [1.165, 1.54) is 0 Å². The SMILES string of the molecule is OC[C@@H](O)[C@@H](O)[C@@H](O)c1c(-c2ccccc2)ncn1C1CC1. The Kier molecular flexibility index (Phi) is 4.26. The van der Waals surface area contributed by atoms with E-state index in [1.807, 2.05) is 34.9 Å². The van der Waals surface area contributed by atoms with Crippen molar-refractivity contribution in [3.63, 3.8) is 0 Å². The van der Waals surface area contributed by atoms with Gasteiger partial charge in [0.2, 0.25) is 0 Å². The highest BCUT2D eigenvalue weighted by molar-refractivity contribution is 5.62. The van der Waals surface area contributed by atoms with Gasteiger partial charge in [0.1, 0.15) is 18.3 Å². The van der Waals surface area contributed by atoms with Crippen molar-refractivity contribution in [1.29, 1.82) is 0 Å². The predicted octanol–water partition coefficient (Wildman–Crippen LogP) is 0.633. The highest BCUT2D eigenvalue weighted by atomic mass is 16.4. The van der Waals surface area contributed by atoms with Gasteiger partial charge in [0.15, 0.2) is 0 Å². The molecular formula is C16H20N2O4. The minimum atomic E-state index is -1.47. The molecule has 0 amide bonds. The van der Waals surface area contributed by atoms with E-state index < -0.39 is 24.9 Å². The van der Waals surface area contributed by atoms with E-state index >= 15 is 0 Å². The molecule has 0 aliphatic heterocycles. The Morgan fingerprint density at radius 3 is 2.41 bits per heavy atom. The Balaban J connectivity index is 2.02. The number of aliphatic hydroxyl groups is 4. The summed E-state index contributed by atoms with van der Waals surface area (Å²) in [6, 6.07) is 9.67. The van der Waals surface area contributed by atoms with Crippen LogP contribution in [0.15, 0.2) is 36.7 Å². The zero-order valence-electron chi connectivity index (χ0n) is 12.1. The van der Waals surface area contributed by atoms with E-state index in [9.17, 15) is 15.3 Å². The quantitative estimate of drug-likeness (QED) is 0.627. The lowest BCUT2D eigenvalue weighted by molar-refractivity contribution is -0.0797.